The van der Waals surface area contributed by atoms with Crippen LogP contribution >= 0.6 is 11.8 Å². The molecule has 0 fully saturated rings. The maximum absolute atomic E-state index is 13.0. The van der Waals surface area contributed by atoms with E-state index in [9.17, 15) is 18.0 Å². The highest BCUT2D eigenvalue weighted by Gasteiger charge is 2.31. The van der Waals surface area contributed by atoms with Crippen molar-refractivity contribution in [3.8, 4) is 6.07 Å². The average Bonchev–Trinajstić information content (AvgIpc) is 3.31. The van der Waals surface area contributed by atoms with Gasteiger partial charge in [-0.2, -0.15) is 18.4 Å². The number of aromatic nitrogens is 4. The lowest BCUT2D eigenvalue weighted by Gasteiger charge is -2.07. The van der Waals surface area contributed by atoms with Gasteiger partial charge < -0.3 is 4.57 Å². The van der Waals surface area contributed by atoms with Crippen LogP contribution in [0, 0.1) is 11.3 Å². The third-order valence-electron chi connectivity index (χ3n) is 4.58. The Balaban J connectivity index is 1.59. The molecule has 3 heterocycles. The SMILES string of the molecule is N#CCCn1cc(C(=O)CSc2nnc3ccc(C(F)(F)F)cn23)c2ccccc21. The maximum Gasteiger partial charge on any atom is 0.417 e. The molecule has 0 saturated carbocycles. The summed E-state index contributed by atoms with van der Waals surface area (Å²) in [6.45, 7) is 0.465. The molecule has 0 bridgehead atoms. The number of ketones is 1. The molecule has 0 radical (unpaired) electrons. The lowest BCUT2D eigenvalue weighted by atomic mass is 10.1. The molecular formula is C20H14F3N5OS. The first-order valence-electron chi connectivity index (χ1n) is 8.91. The van der Waals surface area contributed by atoms with Crippen LogP contribution in [0.4, 0.5) is 13.2 Å². The summed E-state index contributed by atoms with van der Waals surface area (Å²) in [5, 5.41) is 17.6. The molecule has 3 aromatic heterocycles. The normalized spacial score (nSPS) is 11.8. The first-order valence-corrected chi connectivity index (χ1v) is 9.90. The van der Waals surface area contributed by atoms with Crippen molar-refractivity contribution in [2.75, 3.05) is 5.75 Å². The average molecular weight is 429 g/mol. The molecule has 0 aliphatic rings. The van der Waals surface area contributed by atoms with Crippen LogP contribution in [-0.4, -0.2) is 30.7 Å². The van der Waals surface area contributed by atoms with E-state index in [4.69, 9.17) is 5.26 Å². The Morgan fingerprint density at radius 1 is 1.13 bits per heavy atom. The number of thioether (sulfide) groups is 1. The molecule has 6 nitrogen and oxygen atoms in total. The Labute approximate surface area is 172 Å². The minimum absolute atomic E-state index is 0.0106. The third-order valence-corrected chi connectivity index (χ3v) is 5.53. The number of carbonyl (C=O) groups excluding carboxylic acids is 1. The van der Waals surface area contributed by atoms with Crippen LogP contribution in [0.25, 0.3) is 16.6 Å². The minimum Gasteiger partial charge on any atom is -0.346 e. The van der Waals surface area contributed by atoms with E-state index < -0.39 is 11.7 Å². The molecule has 1 aromatic carbocycles. The molecule has 4 aromatic rings. The molecule has 0 aliphatic heterocycles. The largest absolute Gasteiger partial charge is 0.417 e. The lowest BCUT2D eigenvalue weighted by molar-refractivity contribution is -0.137. The van der Waals surface area contributed by atoms with E-state index in [0.717, 1.165) is 34.9 Å². The molecule has 0 N–H and O–H groups in total. The van der Waals surface area contributed by atoms with Gasteiger partial charge in [0, 0.05) is 35.4 Å². The van der Waals surface area contributed by atoms with Gasteiger partial charge in [-0.1, -0.05) is 30.0 Å². The second-order valence-electron chi connectivity index (χ2n) is 6.50. The van der Waals surface area contributed by atoms with Crippen molar-refractivity contribution < 1.29 is 18.0 Å². The Hall–Kier alpha value is -3.32. The Kier molecular flexibility index (Phi) is 5.22. The van der Waals surface area contributed by atoms with E-state index in [1.807, 2.05) is 28.8 Å². The Bertz CT molecular complexity index is 1290. The zero-order valence-electron chi connectivity index (χ0n) is 15.4. The number of para-hydroxylation sites is 1. The fraction of sp³-hybridized carbons (Fsp3) is 0.200. The fourth-order valence-electron chi connectivity index (χ4n) is 3.17. The molecule has 0 unspecified atom stereocenters. The van der Waals surface area contributed by atoms with Crippen molar-refractivity contribution >= 4 is 34.1 Å². The monoisotopic (exact) mass is 429 g/mol. The fourth-order valence-corrected chi connectivity index (χ4v) is 3.97. The van der Waals surface area contributed by atoms with Gasteiger partial charge in [0.15, 0.2) is 16.6 Å². The summed E-state index contributed by atoms with van der Waals surface area (Å²) >= 11 is 1.03. The standard InChI is InChI=1S/C20H14F3N5OS/c21-20(22,23)13-6-7-18-25-26-19(28(18)10-13)30-12-17(29)15-11-27(9-3-8-24)16-5-2-1-4-14(15)16/h1-2,4-7,10-11H,3,9,12H2. The topological polar surface area (TPSA) is 76.0 Å². The zero-order chi connectivity index (χ0) is 21.3. The maximum atomic E-state index is 13.0. The summed E-state index contributed by atoms with van der Waals surface area (Å²) in [4.78, 5) is 12.9. The van der Waals surface area contributed by atoms with E-state index in [2.05, 4.69) is 16.3 Å². The van der Waals surface area contributed by atoms with Gasteiger partial charge in [0.2, 0.25) is 0 Å². The van der Waals surface area contributed by atoms with Gasteiger partial charge in [-0.3, -0.25) is 9.20 Å². The van der Waals surface area contributed by atoms with Crippen molar-refractivity contribution in [1.29, 1.82) is 5.26 Å². The number of Topliss-reactive ketones (excluding diaryl/α,β-unsaturated/α-hetero) is 1. The number of hydrogen-bond donors (Lipinski definition) is 0. The van der Waals surface area contributed by atoms with E-state index in [-0.39, 0.29) is 22.3 Å². The first-order chi connectivity index (χ1) is 14.4. The number of carbonyl (C=O) groups is 1. The van der Waals surface area contributed by atoms with Crippen LogP contribution in [0.3, 0.4) is 0 Å². The number of rotatable bonds is 6. The highest BCUT2D eigenvalue weighted by Crippen LogP contribution is 2.30. The summed E-state index contributed by atoms with van der Waals surface area (Å²) in [6, 6.07) is 11.7. The number of benzene rings is 1. The summed E-state index contributed by atoms with van der Waals surface area (Å²) < 4.78 is 42.1. The second-order valence-corrected chi connectivity index (χ2v) is 7.44. The number of nitriles is 1. The molecular weight excluding hydrogens is 415 g/mol. The van der Waals surface area contributed by atoms with Crippen LogP contribution < -0.4 is 0 Å². The van der Waals surface area contributed by atoms with Gasteiger partial charge in [0.25, 0.3) is 0 Å². The number of fused-ring (bicyclic) bond motifs is 2. The van der Waals surface area contributed by atoms with Gasteiger partial charge >= 0.3 is 6.18 Å². The van der Waals surface area contributed by atoms with Crippen LogP contribution in [-0.2, 0) is 12.7 Å². The lowest BCUT2D eigenvalue weighted by Crippen LogP contribution is -2.07. The molecule has 0 saturated heterocycles. The highest BCUT2D eigenvalue weighted by atomic mass is 32.2. The molecule has 0 atom stereocenters. The molecule has 152 valence electrons. The molecule has 30 heavy (non-hydrogen) atoms. The first kappa shape index (κ1) is 20.0. The third kappa shape index (κ3) is 3.76. The number of nitrogens with zero attached hydrogens (tertiary/aromatic N) is 5. The zero-order valence-corrected chi connectivity index (χ0v) is 16.2. The Morgan fingerprint density at radius 3 is 2.70 bits per heavy atom. The molecule has 0 spiro atoms. The molecule has 0 aliphatic carbocycles. The van der Waals surface area contributed by atoms with Gasteiger partial charge in [0.05, 0.1) is 23.8 Å². The van der Waals surface area contributed by atoms with Crippen molar-refractivity contribution in [2.45, 2.75) is 24.3 Å². The molecule has 10 heteroatoms. The summed E-state index contributed by atoms with van der Waals surface area (Å²) in [5.74, 6) is -0.195. The minimum atomic E-state index is -4.48. The summed E-state index contributed by atoms with van der Waals surface area (Å²) in [6.07, 6.45) is -1.53. The predicted molar refractivity (Wildman–Crippen MR) is 105 cm³/mol. The number of alkyl halides is 3. The van der Waals surface area contributed by atoms with Crippen molar-refractivity contribution in [3.63, 3.8) is 0 Å². The number of hydrogen-bond acceptors (Lipinski definition) is 5. The second kappa shape index (κ2) is 7.84. The highest BCUT2D eigenvalue weighted by molar-refractivity contribution is 7.99. The van der Waals surface area contributed by atoms with E-state index in [1.165, 1.54) is 10.5 Å². The van der Waals surface area contributed by atoms with Crippen LogP contribution in [0.5, 0.6) is 0 Å². The smallest absolute Gasteiger partial charge is 0.346 e. The van der Waals surface area contributed by atoms with Crippen molar-refractivity contribution in [1.82, 2.24) is 19.2 Å². The molecule has 0 amide bonds. The van der Waals surface area contributed by atoms with E-state index >= 15 is 0 Å². The summed E-state index contributed by atoms with van der Waals surface area (Å²) in [5.41, 5.74) is 0.805. The van der Waals surface area contributed by atoms with Crippen LogP contribution in [0.15, 0.2) is 53.9 Å². The Morgan fingerprint density at radius 2 is 1.93 bits per heavy atom. The van der Waals surface area contributed by atoms with Gasteiger partial charge in [-0.05, 0) is 18.2 Å². The summed E-state index contributed by atoms with van der Waals surface area (Å²) in [7, 11) is 0. The number of halogens is 3. The number of pyridine rings is 1. The van der Waals surface area contributed by atoms with E-state index in [0.29, 0.717) is 18.5 Å². The van der Waals surface area contributed by atoms with Crippen molar-refractivity contribution in [2.24, 2.45) is 0 Å². The van der Waals surface area contributed by atoms with Crippen LogP contribution in [0.2, 0.25) is 0 Å². The van der Waals surface area contributed by atoms with Crippen LogP contribution in [0.1, 0.15) is 22.3 Å². The van der Waals surface area contributed by atoms with Gasteiger partial charge in [0.1, 0.15) is 0 Å². The predicted octanol–water partition coefficient (Wildman–Crippen LogP) is 4.59. The van der Waals surface area contributed by atoms with E-state index in [1.54, 1.807) is 6.20 Å². The van der Waals surface area contributed by atoms with Gasteiger partial charge in [-0.15, -0.1) is 10.2 Å². The van der Waals surface area contributed by atoms with Crippen molar-refractivity contribution in [3.05, 3.63) is 59.9 Å². The molecule has 4 rings (SSSR count). The number of aryl methyl sites for hydroxylation is 1. The van der Waals surface area contributed by atoms with Gasteiger partial charge in [-0.25, -0.2) is 0 Å². The quantitative estimate of drug-likeness (QED) is 0.331.